The number of H-pyrrole nitrogens is 1. The Bertz CT molecular complexity index is 909. The number of hydrogen-bond acceptors (Lipinski definition) is 7. The van der Waals surface area contributed by atoms with Crippen molar-refractivity contribution in [2.45, 2.75) is 31.9 Å². The Labute approximate surface area is 154 Å². The fraction of sp³-hybridized carbons (Fsp3) is 0.471. The van der Waals surface area contributed by atoms with Crippen molar-refractivity contribution in [3.05, 3.63) is 45.5 Å². The molecule has 1 saturated heterocycles. The SMILES string of the molecule is COc1cncc(O[C@H]2CCCN(C(=O)CCn3ccc(=O)[nH]c3=O)C2)n1. The molecule has 0 unspecified atom stereocenters. The van der Waals surface area contributed by atoms with E-state index in [0.717, 1.165) is 12.8 Å². The predicted octanol–water partition coefficient (Wildman–Crippen LogP) is -0.205. The zero-order valence-electron chi connectivity index (χ0n) is 15.0. The lowest BCUT2D eigenvalue weighted by atomic mass is 10.1. The van der Waals surface area contributed by atoms with Gasteiger partial charge in [-0.25, -0.2) is 4.79 Å². The Kier molecular flexibility index (Phi) is 5.84. The maximum atomic E-state index is 12.5. The zero-order chi connectivity index (χ0) is 19.2. The van der Waals surface area contributed by atoms with Crippen molar-refractivity contribution < 1.29 is 14.3 Å². The van der Waals surface area contributed by atoms with Gasteiger partial charge in [0.2, 0.25) is 17.7 Å². The Morgan fingerprint density at radius 1 is 1.33 bits per heavy atom. The molecule has 1 aliphatic rings. The van der Waals surface area contributed by atoms with Crippen LogP contribution in [0.5, 0.6) is 11.8 Å². The van der Waals surface area contributed by atoms with Gasteiger partial charge in [-0.15, -0.1) is 0 Å². The Morgan fingerprint density at radius 3 is 2.93 bits per heavy atom. The highest BCUT2D eigenvalue weighted by atomic mass is 16.5. The lowest BCUT2D eigenvalue weighted by molar-refractivity contribution is -0.134. The van der Waals surface area contributed by atoms with Crippen LogP contribution in [-0.4, -0.2) is 56.6 Å². The zero-order valence-corrected chi connectivity index (χ0v) is 15.0. The minimum atomic E-state index is -0.522. The molecular formula is C17H21N5O5. The lowest BCUT2D eigenvalue weighted by Crippen LogP contribution is -2.45. The third kappa shape index (κ3) is 4.93. The minimum Gasteiger partial charge on any atom is -0.480 e. The molecule has 0 spiro atoms. The molecule has 1 amide bonds. The van der Waals surface area contributed by atoms with Crippen LogP contribution in [0.2, 0.25) is 0 Å². The maximum absolute atomic E-state index is 12.5. The number of methoxy groups -OCH3 is 1. The van der Waals surface area contributed by atoms with Gasteiger partial charge in [0.05, 0.1) is 26.0 Å². The molecule has 2 aromatic rings. The van der Waals surface area contributed by atoms with Gasteiger partial charge in [-0.05, 0) is 12.8 Å². The number of aromatic amines is 1. The molecule has 3 heterocycles. The molecule has 27 heavy (non-hydrogen) atoms. The molecule has 2 aromatic heterocycles. The molecule has 1 aliphatic heterocycles. The van der Waals surface area contributed by atoms with Crippen molar-refractivity contribution in [3.63, 3.8) is 0 Å². The summed E-state index contributed by atoms with van der Waals surface area (Å²) in [6.45, 7) is 1.29. The first-order valence-corrected chi connectivity index (χ1v) is 8.65. The third-order valence-corrected chi connectivity index (χ3v) is 4.28. The van der Waals surface area contributed by atoms with Crippen molar-refractivity contribution in [2.75, 3.05) is 20.2 Å². The van der Waals surface area contributed by atoms with Gasteiger partial charge in [0.15, 0.2) is 0 Å². The maximum Gasteiger partial charge on any atom is 0.328 e. The van der Waals surface area contributed by atoms with Crippen molar-refractivity contribution in [1.82, 2.24) is 24.4 Å². The van der Waals surface area contributed by atoms with Crippen LogP contribution in [0.1, 0.15) is 19.3 Å². The smallest absolute Gasteiger partial charge is 0.328 e. The molecule has 0 aromatic carbocycles. The standard InChI is InChI=1S/C17H21N5O5/c1-26-14-9-18-10-15(20-14)27-12-3-2-6-22(11-12)16(24)5-8-21-7-4-13(23)19-17(21)25/h4,7,9-10,12H,2-3,5-6,8,11H2,1H3,(H,19,23,25)/t12-/m0/s1. The summed E-state index contributed by atoms with van der Waals surface area (Å²) in [4.78, 5) is 47.3. The normalized spacial score (nSPS) is 16.8. The number of amides is 1. The van der Waals surface area contributed by atoms with E-state index in [2.05, 4.69) is 15.0 Å². The highest BCUT2D eigenvalue weighted by molar-refractivity contribution is 5.76. The topological polar surface area (TPSA) is 119 Å². The molecule has 0 saturated carbocycles. The van der Waals surface area contributed by atoms with E-state index in [0.29, 0.717) is 24.8 Å². The van der Waals surface area contributed by atoms with Crippen molar-refractivity contribution in [2.24, 2.45) is 0 Å². The number of nitrogens with zero attached hydrogens (tertiary/aromatic N) is 4. The minimum absolute atomic E-state index is 0.0712. The quantitative estimate of drug-likeness (QED) is 0.742. The van der Waals surface area contributed by atoms with E-state index in [4.69, 9.17) is 9.47 Å². The van der Waals surface area contributed by atoms with Gasteiger partial charge in [-0.3, -0.25) is 19.6 Å². The number of rotatable bonds is 6. The van der Waals surface area contributed by atoms with Crippen LogP contribution in [0.4, 0.5) is 0 Å². The van der Waals surface area contributed by atoms with E-state index < -0.39 is 11.2 Å². The fourth-order valence-electron chi connectivity index (χ4n) is 2.91. The molecule has 1 fully saturated rings. The van der Waals surface area contributed by atoms with Crippen molar-refractivity contribution in [3.8, 4) is 11.8 Å². The fourth-order valence-corrected chi connectivity index (χ4v) is 2.91. The van der Waals surface area contributed by atoms with Crippen LogP contribution in [0.25, 0.3) is 0 Å². The average Bonchev–Trinajstić information content (AvgIpc) is 2.67. The third-order valence-electron chi connectivity index (χ3n) is 4.28. The van der Waals surface area contributed by atoms with Gasteiger partial charge < -0.3 is 18.9 Å². The molecular weight excluding hydrogens is 354 g/mol. The monoisotopic (exact) mass is 375 g/mol. The van der Waals surface area contributed by atoms with E-state index in [1.165, 1.54) is 36.3 Å². The summed E-state index contributed by atoms with van der Waals surface area (Å²) in [5.41, 5.74) is -0.981. The number of hydrogen-bond donors (Lipinski definition) is 1. The summed E-state index contributed by atoms with van der Waals surface area (Å²) in [6, 6.07) is 1.26. The molecule has 10 nitrogen and oxygen atoms in total. The summed E-state index contributed by atoms with van der Waals surface area (Å²) < 4.78 is 12.2. The highest BCUT2D eigenvalue weighted by Gasteiger charge is 2.25. The Hall–Kier alpha value is -3.17. The molecule has 1 N–H and O–H groups in total. The molecule has 144 valence electrons. The van der Waals surface area contributed by atoms with Gasteiger partial charge >= 0.3 is 5.69 Å². The number of carbonyl (C=O) groups excluding carboxylic acids is 1. The second-order valence-corrected chi connectivity index (χ2v) is 6.18. The van der Waals surface area contributed by atoms with E-state index in [1.807, 2.05) is 0 Å². The summed E-state index contributed by atoms with van der Waals surface area (Å²) in [5, 5.41) is 0. The average molecular weight is 375 g/mol. The van der Waals surface area contributed by atoms with Crippen molar-refractivity contribution in [1.29, 1.82) is 0 Å². The number of piperidine rings is 1. The second kappa shape index (κ2) is 8.47. The van der Waals surface area contributed by atoms with Gasteiger partial charge in [0.25, 0.3) is 5.56 Å². The largest absolute Gasteiger partial charge is 0.480 e. The number of carbonyl (C=O) groups is 1. The summed E-state index contributed by atoms with van der Waals surface area (Å²) >= 11 is 0. The Balaban J connectivity index is 1.55. The number of aromatic nitrogens is 4. The van der Waals surface area contributed by atoms with Gasteiger partial charge in [0, 0.05) is 31.8 Å². The molecule has 0 radical (unpaired) electrons. The molecule has 0 bridgehead atoms. The van der Waals surface area contributed by atoms with E-state index in [9.17, 15) is 14.4 Å². The molecule has 10 heteroatoms. The number of ether oxygens (including phenoxy) is 2. The van der Waals surface area contributed by atoms with E-state index >= 15 is 0 Å². The second-order valence-electron chi connectivity index (χ2n) is 6.18. The van der Waals surface area contributed by atoms with Gasteiger partial charge in [0.1, 0.15) is 6.10 Å². The van der Waals surface area contributed by atoms with Crippen LogP contribution in [0.15, 0.2) is 34.2 Å². The first-order valence-electron chi connectivity index (χ1n) is 8.65. The highest BCUT2D eigenvalue weighted by Crippen LogP contribution is 2.18. The van der Waals surface area contributed by atoms with Crippen LogP contribution in [0.3, 0.4) is 0 Å². The van der Waals surface area contributed by atoms with Crippen LogP contribution < -0.4 is 20.7 Å². The van der Waals surface area contributed by atoms with Crippen LogP contribution in [-0.2, 0) is 11.3 Å². The first kappa shape index (κ1) is 18.6. The molecule has 3 rings (SSSR count). The van der Waals surface area contributed by atoms with Crippen LogP contribution in [0, 0.1) is 0 Å². The molecule has 0 aliphatic carbocycles. The van der Waals surface area contributed by atoms with Crippen LogP contribution >= 0.6 is 0 Å². The lowest BCUT2D eigenvalue weighted by Gasteiger charge is -2.32. The van der Waals surface area contributed by atoms with Gasteiger partial charge in [-0.1, -0.05) is 0 Å². The van der Waals surface area contributed by atoms with E-state index in [1.54, 1.807) is 4.90 Å². The number of aryl methyl sites for hydroxylation is 1. The predicted molar refractivity (Wildman–Crippen MR) is 94.8 cm³/mol. The van der Waals surface area contributed by atoms with E-state index in [-0.39, 0.29) is 25.0 Å². The molecule has 1 atom stereocenters. The summed E-state index contributed by atoms with van der Waals surface area (Å²) in [7, 11) is 1.50. The van der Waals surface area contributed by atoms with Gasteiger partial charge in [-0.2, -0.15) is 4.98 Å². The summed E-state index contributed by atoms with van der Waals surface area (Å²) in [6.07, 6.45) is 5.98. The summed E-state index contributed by atoms with van der Waals surface area (Å²) in [5.74, 6) is 0.647. The Morgan fingerprint density at radius 2 is 2.15 bits per heavy atom. The number of nitrogens with one attached hydrogen (secondary N) is 1. The first-order chi connectivity index (χ1) is 13.0. The number of likely N-dealkylation sites (tertiary alicyclic amines) is 1. The van der Waals surface area contributed by atoms with Crippen molar-refractivity contribution >= 4 is 5.91 Å².